The van der Waals surface area contributed by atoms with Crippen molar-refractivity contribution in [3.8, 4) is 0 Å². The summed E-state index contributed by atoms with van der Waals surface area (Å²) in [5, 5.41) is 0.756. The summed E-state index contributed by atoms with van der Waals surface area (Å²) in [6, 6.07) is 8.30. The Bertz CT molecular complexity index is 523. The zero-order chi connectivity index (χ0) is 16.2. The molecule has 0 unspecified atom stereocenters. The van der Waals surface area contributed by atoms with Gasteiger partial charge in [-0.25, -0.2) is 0 Å². The van der Waals surface area contributed by atoms with E-state index in [1.807, 2.05) is 17.0 Å². The normalized spacial score (nSPS) is 24.4. The first-order valence-corrected chi connectivity index (χ1v) is 8.50. The van der Waals surface area contributed by atoms with Crippen molar-refractivity contribution in [1.29, 1.82) is 0 Å². The minimum absolute atomic E-state index is 0.0588. The Balaban J connectivity index is 1.53. The minimum atomic E-state index is -0.427. The molecule has 0 bridgehead atoms. The zero-order valence-electron chi connectivity index (χ0n) is 13.4. The molecule has 6 heteroatoms. The van der Waals surface area contributed by atoms with E-state index in [0.717, 1.165) is 31.2 Å². The highest BCUT2D eigenvalue weighted by atomic mass is 35.5. The summed E-state index contributed by atoms with van der Waals surface area (Å²) >= 11 is 5.95. The molecule has 0 radical (unpaired) electrons. The van der Waals surface area contributed by atoms with E-state index in [2.05, 4.69) is 24.0 Å². The Morgan fingerprint density at radius 1 is 1.17 bits per heavy atom. The van der Waals surface area contributed by atoms with E-state index in [9.17, 15) is 4.79 Å². The second-order valence-electron chi connectivity index (χ2n) is 6.02. The molecule has 2 atom stereocenters. The number of nitrogens with zero attached hydrogens (tertiary/aromatic N) is 2. The molecule has 0 aromatic heterocycles. The van der Waals surface area contributed by atoms with E-state index >= 15 is 0 Å². The summed E-state index contributed by atoms with van der Waals surface area (Å²) < 4.78 is 10.8. The Kier molecular flexibility index (Phi) is 5.54. The quantitative estimate of drug-likeness (QED) is 0.845. The molecular formula is C17H23ClN2O3. The molecule has 23 heavy (non-hydrogen) atoms. The van der Waals surface area contributed by atoms with Gasteiger partial charge in [0.05, 0.1) is 19.8 Å². The Morgan fingerprint density at radius 3 is 2.48 bits per heavy atom. The van der Waals surface area contributed by atoms with Gasteiger partial charge in [0.1, 0.15) is 0 Å². The van der Waals surface area contributed by atoms with Crippen LogP contribution < -0.4 is 0 Å². The van der Waals surface area contributed by atoms with Gasteiger partial charge in [-0.1, -0.05) is 23.7 Å². The lowest BCUT2D eigenvalue weighted by Gasteiger charge is -2.39. The SMILES string of the molecule is C[C@@H](c1ccc(Cl)cc1)N1CCN(C(=O)[C@H]2COCCO2)CC1. The monoisotopic (exact) mass is 338 g/mol. The summed E-state index contributed by atoms with van der Waals surface area (Å²) in [4.78, 5) is 16.7. The Hall–Kier alpha value is -1.14. The van der Waals surface area contributed by atoms with Gasteiger partial charge in [-0.15, -0.1) is 0 Å². The van der Waals surface area contributed by atoms with Gasteiger partial charge in [0.2, 0.25) is 0 Å². The molecular weight excluding hydrogens is 316 g/mol. The highest BCUT2D eigenvalue weighted by Crippen LogP contribution is 2.23. The number of hydrogen-bond acceptors (Lipinski definition) is 4. The first kappa shape index (κ1) is 16.7. The predicted octanol–water partition coefficient (Wildman–Crippen LogP) is 1.96. The number of carbonyl (C=O) groups is 1. The molecule has 1 amide bonds. The Morgan fingerprint density at radius 2 is 1.87 bits per heavy atom. The van der Waals surface area contributed by atoms with Crippen molar-refractivity contribution in [2.75, 3.05) is 46.0 Å². The highest BCUT2D eigenvalue weighted by molar-refractivity contribution is 6.30. The molecule has 1 aromatic rings. The standard InChI is InChI=1S/C17H23ClN2O3/c1-13(14-2-4-15(18)5-3-14)19-6-8-20(9-7-19)17(21)16-12-22-10-11-23-16/h2-5,13,16H,6-12H2,1H3/t13-,16+/m0/s1. The summed E-state index contributed by atoms with van der Waals surface area (Å²) in [5.74, 6) is 0.0588. The number of carbonyl (C=O) groups excluding carboxylic acids is 1. The van der Waals surface area contributed by atoms with Crippen LogP contribution >= 0.6 is 11.6 Å². The van der Waals surface area contributed by atoms with Gasteiger partial charge in [0, 0.05) is 37.2 Å². The van der Waals surface area contributed by atoms with Crippen LogP contribution in [0, 0.1) is 0 Å². The van der Waals surface area contributed by atoms with Gasteiger partial charge in [-0.2, -0.15) is 0 Å². The molecule has 2 heterocycles. The second-order valence-corrected chi connectivity index (χ2v) is 6.46. The van der Waals surface area contributed by atoms with Crippen LogP contribution in [0.25, 0.3) is 0 Å². The molecule has 3 rings (SSSR count). The van der Waals surface area contributed by atoms with Crippen molar-refractivity contribution < 1.29 is 14.3 Å². The fourth-order valence-corrected chi connectivity index (χ4v) is 3.24. The van der Waals surface area contributed by atoms with Gasteiger partial charge < -0.3 is 14.4 Å². The van der Waals surface area contributed by atoms with Gasteiger partial charge in [-0.05, 0) is 24.6 Å². The van der Waals surface area contributed by atoms with Crippen LogP contribution in [0.3, 0.4) is 0 Å². The zero-order valence-corrected chi connectivity index (χ0v) is 14.2. The van der Waals surface area contributed by atoms with Crippen LogP contribution in [0.2, 0.25) is 5.02 Å². The lowest BCUT2D eigenvalue weighted by atomic mass is 10.1. The molecule has 0 N–H and O–H groups in total. The van der Waals surface area contributed by atoms with E-state index in [-0.39, 0.29) is 5.91 Å². The summed E-state index contributed by atoms with van der Waals surface area (Å²) in [7, 11) is 0. The lowest BCUT2D eigenvalue weighted by Crippen LogP contribution is -2.53. The number of piperazine rings is 1. The maximum atomic E-state index is 12.4. The number of hydrogen-bond donors (Lipinski definition) is 0. The first-order chi connectivity index (χ1) is 11.1. The molecule has 2 aliphatic rings. The van der Waals surface area contributed by atoms with Crippen LogP contribution in [0.4, 0.5) is 0 Å². The minimum Gasteiger partial charge on any atom is -0.376 e. The van der Waals surface area contributed by atoms with Crippen molar-refractivity contribution in [2.24, 2.45) is 0 Å². The maximum Gasteiger partial charge on any atom is 0.254 e. The summed E-state index contributed by atoms with van der Waals surface area (Å²) in [6.45, 7) is 6.85. The van der Waals surface area contributed by atoms with Crippen LogP contribution in [0.5, 0.6) is 0 Å². The fraction of sp³-hybridized carbons (Fsp3) is 0.588. The predicted molar refractivity (Wildman–Crippen MR) is 88.6 cm³/mol. The maximum absolute atomic E-state index is 12.4. The highest BCUT2D eigenvalue weighted by Gasteiger charge is 2.31. The average Bonchev–Trinajstić information content (AvgIpc) is 2.62. The van der Waals surface area contributed by atoms with Gasteiger partial charge >= 0.3 is 0 Å². The molecule has 0 saturated carbocycles. The topological polar surface area (TPSA) is 42.0 Å². The van der Waals surface area contributed by atoms with E-state index in [1.165, 1.54) is 5.56 Å². The first-order valence-electron chi connectivity index (χ1n) is 8.13. The van der Waals surface area contributed by atoms with Crippen LogP contribution in [0.1, 0.15) is 18.5 Å². The molecule has 2 fully saturated rings. The molecule has 2 aliphatic heterocycles. The van der Waals surface area contributed by atoms with E-state index in [1.54, 1.807) is 0 Å². The third-order valence-electron chi connectivity index (χ3n) is 4.62. The number of halogens is 1. The summed E-state index contributed by atoms with van der Waals surface area (Å²) in [6.07, 6.45) is -0.427. The van der Waals surface area contributed by atoms with Crippen molar-refractivity contribution >= 4 is 17.5 Å². The number of rotatable bonds is 3. The van der Waals surface area contributed by atoms with E-state index in [4.69, 9.17) is 21.1 Å². The Labute approximate surface area is 142 Å². The van der Waals surface area contributed by atoms with Crippen molar-refractivity contribution in [3.63, 3.8) is 0 Å². The number of amides is 1. The van der Waals surface area contributed by atoms with Crippen LogP contribution in [0.15, 0.2) is 24.3 Å². The van der Waals surface area contributed by atoms with Crippen molar-refractivity contribution in [1.82, 2.24) is 9.80 Å². The fourth-order valence-electron chi connectivity index (χ4n) is 3.12. The molecule has 2 saturated heterocycles. The number of ether oxygens (including phenoxy) is 2. The van der Waals surface area contributed by atoms with Crippen LogP contribution in [-0.2, 0) is 14.3 Å². The third kappa shape index (κ3) is 4.04. The second kappa shape index (κ2) is 7.62. The van der Waals surface area contributed by atoms with Gasteiger partial charge in [0.15, 0.2) is 6.10 Å². The molecule has 0 aliphatic carbocycles. The van der Waals surface area contributed by atoms with E-state index < -0.39 is 6.10 Å². The van der Waals surface area contributed by atoms with E-state index in [0.29, 0.717) is 25.9 Å². The third-order valence-corrected chi connectivity index (χ3v) is 4.87. The number of benzene rings is 1. The average molecular weight is 339 g/mol. The largest absolute Gasteiger partial charge is 0.376 e. The smallest absolute Gasteiger partial charge is 0.254 e. The molecule has 5 nitrogen and oxygen atoms in total. The molecule has 126 valence electrons. The van der Waals surface area contributed by atoms with Crippen LogP contribution in [-0.4, -0.2) is 67.8 Å². The van der Waals surface area contributed by atoms with Crippen molar-refractivity contribution in [3.05, 3.63) is 34.9 Å². The molecule has 1 aromatic carbocycles. The lowest BCUT2D eigenvalue weighted by molar-refractivity contribution is -0.159. The van der Waals surface area contributed by atoms with Gasteiger partial charge in [-0.3, -0.25) is 9.69 Å². The molecule has 0 spiro atoms. The van der Waals surface area contributed by atoms with Gasteiger partial charge in [0.25, 0.3) is 5.91 Å². The van der Waals surface area contributed by atoms with Crippen molar-refractivity contribution in [2.45, 2.75) is 19.1 Å². The summed E-state index contributed by atoms with van der Waals surface area (Å²) in [5.41, 5.74) is 1.25.